The van der Waals surface area contributed by atoms with E-state index in [0.29, 0.717) is 11.3 Å². The summed E-state index contributed by atoms with van der Waals surface area (Å²) in [5, 5.41) is 0. The second-order valence-electron chi connectivity index (χ2n) is 2.46. The van der Waals surface area contributed by atoms with E-state index in [1.165, 1.54) is 30.5 Å². The van der Waals surface area contributed by atoms with Crippen molar-refractivity contribution in [3.05, 3.63) is 47.0 Å². The Balaban J connectivity index is 2.47. The Morgan fingerprint density at radius 1 is 1.15 bits per heavy atom. The molecule has 0 bridgehead atoms. The van der Waals surface area contributed by atoms with Crippen molar-refractivity contribution >= 4 is 0 Å². The van der Waals surface area contributed by atoms with E-state index >= 15 is 0 Å². The Morgan fingerprint density at radius 2 is 1.85 bits per heavy atom. The molecule has 1 aromatic carbocycles. The van der Waals surface area contributed by atoms with Crippen LogP contribution >= 0.6 is 0 Å². The summed E-state index contributed by atoms with van der Waals surface area (Å²) in [7, 11) is 0. The average Bonchev–Trinajstić information content (AvgIpc) is 2.53. The summed E-state index contributed by atoms with van der Waals surface area (Å²) >= 11 is 0. The molecule has 0 N–H and O–H groups in total. The first-order valence-electron chi connectivity index (χ1n) is 3.60. The van der Waals surface area contributed by atoms with Gasteiger partial charge in [0.1, 0.15) is 12.1 Å². The largest absolute Gasteiger partial charge is 0.519 e. The van der Waals surface area contributed by atoms with Crippen LogP contribution in [0.4, 0.5) is 4.39 Å². The van der Waals surface area contributed by atoms with Crippen molar-refractivity contribution in [1.29, 1.82) is 0 Å². The van der Waals surface area contributed by atoms with Crippen LogP contribution in [0, 0.1) is 5.82 Å². The van der Waals surface area contributed by atoms with E-state index in [0.717, 1.165) is 0 Å². The van der Waals surface area contributed by atoms with Crippen LogP contribution < -0.4 is 5.82 Å². The third kappa shape index (κ3) is 1.51. The smallest absolute Gasteiger partial charge is 0.399 e. The molecule has 0 aliphatic heterocycles. The molecule has 1 aromatic heterocycles. The third-order valence-electron chi connectivity index (χ3n) is 1.58. The Morgan fingerprint density at radius 3 is 2.38 bits per heavy atom. The van der Waals surface area contributed by atoms with Gasteiger partial charge in [-0.05, 0) is 24.3 Å². The molecule has 0 unspecified atom stereocenters. The highest BCUT2D eigenvalue weighted by Crippen LogP contribution is 2.17. The van der Waals surface area contributed by atoms with Crippen LogP contribution in [0.3, 0.4) is 0 Å². The lowest BCUT2D eigenvalue weighted by atomic mass is 10.2. The standard InChI is InChI=1S/C9H5FO3/c10-7-3-1-6(2-4-7)8-5-12-9(11)13-8/h1-5H. The number of hydrogen-bond acceptors (Lipinski definition) is 3. The molecular formula is C9H5FO3. The fourth-order valence-electron chi connectivity index (χ4n) is 0.981. The molecule has 2 rings (SSSR count). The van der Waals surface area contributed by atoms with Crippen LogP contribution in [0.2, 0.25) is 0 Å². The molecule has 0 saturated heterocycles. The van der Waals surface area contributed by atoms with Crippen LogP contribution in [0.5, 0.6) is 0 Å². The Labute approximate surface area is 72.4 Å². The van der Waals surface area contributed by atoms with Gasteiger partial charge in [-0.25, -0.2) is 9.18 Å². The summed E-state index contributed by atoms with van der Waals surface area (Å²) in [4.78, 5) is 10.5. The molecule has 0 amide bonds. The van der Waals surface area contributed by atoms with Crippen LogP contribution in [0.25, 0.3) is 11.3 Å². The summed E-state index contributed by atoms with van der Waals surface area (Å²) in [6.45, 7) is 0. The van der Waals surface area contributed by atoms with Crippen LogP contribution in [0.15, 0.2) is 44.2 Å². The SMILES string of the molecule is O=c1occ(-c2ccc(F)cc2)o1. The second-order valence-corrected chi connectivity index (χ2v) is 2.46. The number of rotatable bonds is 1. The minimum Gasteiger partial charge on any atom is -0.399 e. The topological polar surface area (TPSA) is 43.4 Å². The third-order valence-corrected chi connectivity index (χ3v) is 1.58. The summed E-state index contributed by atoms with van der Waals surface area (Å²) in [6, 6.07) is 5.57. The first-order chi connectivity index (χ1) is 6.25. The lowest BCUT2D eigenvalue weighted by Crippen LogP contribution is -1.85. The molecule has 0 aliphatic carbocycles. The Hall–Kier alpha value is -1.84. The molecule has 13 heavy (non-hydrogen) atoms. The highest BCUT2D eigenvalue weighted by atomic mass is 19.1. The first-order valence-corrected chi connectivity index (χ1v) is 3.60. The molecular weight excluding hydrogens is 175 g/mol. The van der Waals surface area contributed by atoms with Crippen molar-refractivity contribution in [1.82, 2.24) is 0 Å². The van der Waals surface area contributed by atoms with E-state index in [4.69, 9.17) is 0 Å². The van der Waals surface area contributed by atoms with Crippen LogP contribution in [0.1, 0.15) is 0 Å². The van der Waals surface area contributed by atoms with E-state index in [2.05, 4.69) is 8.83 Å². The van der Waals surface area contributed by atoms with E-state index in [1.54, 1.807) is 0 Å². The van der Waals surface area contributed by atoms with Gasteiger partial charge in [-0.1, -0.05) is 0 Å². The van der Waals surface area contributed by atoms with Gasteiger partial charge < -0.3 is 8.83 Å². The van der Waals surface area contributed by atoms with Gasteiger partial charge in [0.05, 0.1) is 0 Å². The van der Waals surface area contributed by atoms with Crippen molar-refractivity contribution < 1.29 is 13.2 Å². The number of benzene rings is 1. The first kappa shape index (κ1) is 7.79. The van der Waals surface area contributed by atoms with Gasteiger partial charge in [0, 0.05) is 5.56 Å². The molecule has 4 heteroatoms. The predicted molar refractivity (Wildman–Crippen MR) is 42.6 cm³/mol. The quantitative estimate of drug-likeness (QED) is 0.674. The minimum absolute atomic E-state index is 0.296. The van der Waals surface area contributed by atoms with Crippen molar-refractivity contribution in [2.45, 2.75) is 0 Å². The molecule has 0 saturated carbocycles. The van der Waals surface area contributed by atoms with Crippen molar-refractivity contribution in [3.63, 3.8) is 0 Å². The maximum absolute atomic E-state index is 12.5. The highest BCUT2D eigenvalue weighted by Gasteiger charge is 2.03. The van der Waals surface area contributed by atoms with Gasteiger partial charge in [-0.15, -0.1) is 0 Å². The fraction of sp³-hybridized carbons (Fsp3) is 0. The molecule has 2 aromatic rings. The van der Waals surface area contributed by atoms with Gasteiger partial charge in [0.2, 0.25) is 0 Å². The monoisotopic (exact) mass is 180 g/mol. The van der Waals surface area contributed by atoms with Gasteiger partial charge in [-0.2, -0.15) is 0 Å². The van der Waals surface area contributed by atoms with Gasteiger partial charge in [0.15, 0.2) is 5.76 Å². The zero-order chi connectivity index (χ0) is 9.26. The molecule has 0 spiro atoms. The second kappa shape index (κ2) is 2.90. The maximum Gasteiger partial charge on any atom is 0.519 e. The highest BCUT2D eigenvalue weighted by molar-refractivity contribution is 5.55. The van der Waals surface area contributed by atoms with Gasteiger partial charge >= 0.3 is 5.82 Å². The van der Waals surface area contributed by atoms with Crippen molar-refractivity contribution in [2.75, 3.05) is 0 Å². The summed E-state index contributed by atoms with van der Waals surface area (Å²) in [5.74, 6) is -0.807. The van der Waals surface area contributed by atoms with E-state index in [9.17, 15) is 9.18 Å². The molecule has 3 nitrogen and oxygen atoms in total. The van der Waals surface area contributed by atoms with Crippen LogP contribution in [-0.4, -0.2) is 0 Å². The summed E-state index contributed by atoms with van der Waals surface area (Å²) in [6.07, 6.45) is 1.19. The fourth-order valence-corrected chi connectivity index (χ4v) is 0.981. The molecule has 66 valence electrons. The van der Waals surface area contributed by atoms with Gasteiger partial charge in [0.25, 0.3) is 0 Å². The zero-order valence-corrected chi connectivity index (χ0v) is 6.49. The number of halogens is 1. The average molecular weight is 180 g/mol. The lowest BCUT2D eigenvalue weighted by molar-refractivity contribution is 0.389. The number of hydrogen-bond donors (Lipinski definition) is 0. The molecule has 0 radical (unpaired) electrons. The van der Waals surface area contributed by atoms with E-state index < -0.39 is 5.82 Å². The molecule has 0 atom stereocenters. The maximum atomic E-state index is 12.5. The van der Waals surface area contributed by atoms with E-state index in [1.807, 2.05) is 0 Å². The summed E-state index contributed by atoms with van der Waals surface area (Å²) in [5.41, 5.74) is 0.604. The van der Waals surface area contributed by atoms with Gasteiger partial charge in [-0.3, -0.25) is 0 Å². The molecule has 0 aliphatic rings. The molecule has 1 heterocycles. The minimum atomic E-state index is -0.765. The zero-order valence-electron chi connectivity index (χ0n) is 6.49. The Kier molecular flexibility index (Phi) is 1.73. The van der Waals surface area contributed by atoms with Crippen LogP contribution in [-0.2, 0) is 0 Å². The van der Waals surface area contributed by atoms with E-state index in [-0.39, 0.29) is 5.82 Å². The predicted octanol–water partition coefficient (Wildman–Crippen LogP) is 2.04. The normalized spacial score (nSPS) is 10.2. The summed E-state index contributed by atoms with van der Waals surface area (Å²) < 4.78 is 21.6. The Bertz CT molecular complexity index is 452. The lowest BCUT2D eigenvalue weighted by Gasteiger charge is -1.92. The molecule has 0 fully saturated rings. The van der Waals surface area contributed by atoms with Crippen molar-refractivity contribution in [3.8, 4) is 11.3 Å². The van der Waals surface area contributed by atoms with Crippen molar-refractivity contribution in [2.24, 2.45) is 0 Å².